The Hall–Kier alpha value is -5.92. The summed E-state index contributed by atoms with van der Waals surface area (Å²) in [6.45, 7) is 0. The molecule has 0 saturated carbocycles. The highest BCUT2D eigenvalue weighted by Crippen LogP contribution is 2.36. The Morgan fingerprint density at radius 3 is 1.00 bits per heavy atom. The van der Waals surface area contributed by atoms with Gasteiger partial charge in [-0.15, -0.1) is 0 Å². The number of aryl methyl sites for hydroxylation is 4. The van der Waals surface area contributed by atoms with Gasteiger partial charge in [0.2, 0.25) is 0 Å². The Morgan fingerprint density at radius 2 is 0.633 bits per heavy atom. The molecule has 0 heterocycles. The number of nitrogens with zero attached hydrogens (tertiary/aromatic N) is 1. The summed E-state index contributed by atoms with van der Waals surface area (Å²) in [6, 6.07) is 69.9. The van der Waals surface area contributed by atoms with E-state index in [1.807, 2.05) is 0 Å². The fourth-order valence-electron chi connectivity index (χ4n) is 6.39. The second-order valence-electron chi connectivity index (χ2n) is 12.5. The van der Waals surface area contributed by atoms with Crippen LogP contribution in [-0.4, -0.2) is 0 Å². The van der Waals surface area contributed by atoms with Crippen molar-refractivity contribution in [3.8, 4) is 0 Å². The van der Waals surface area contributed by atoms with Crippen LogP contribution in [0, 0.1) is 0 Å². The molecule has 0 atom stereocenters. The third-order valence-electron chi connectivity index (χ3n) is 9.11. The third-order valence-corrected chi connectivity index (χ3v) is 9.11. The predicted octanol–water partition coefficient (Wildman–Crippen LogP) is 12.3. The molecule has 0 aliphatic rings. The van der Waals surface area contributed by atoms with Crippen molar-refractivity contribution in [1.82, 2.24) is 0 Å². The Labute approximate surface area is 291 Å². The van der Waals surface area contributed by atoms with Crippen molar-refractivity contribution in [3.63, 3.8) is 0 Å². The summed E-state index contributed by atoms with van der Waals surface area (Å²) in [5.41, 5.74) is 13.7. The van der Waals surface area contributed by atoms with E-state index in [0.717, 1.165) is 42.7 Å². The fourth-order valence-corrected chi connectivity index (χ4v) is 6.39. The van der Waals surface area contributed by atoms with Crippen molar-refractivity contribution in [2.24, 2.45) is 0 Å². The van der Waals surface area contributed by atoms with E-state index in [4.69, 9.17) is 0 Å². The minimum absolute atomic E-state index is 1.02. The van der Waals surface area contributed by atoms with Crippen LogP contribution >= 0.6 is 0 Å². The first kappa shape index (κ1) is 31.7. The second kappa shape index (κ2) is 15.8. The van der Waals surface area contributed by atoms with Crippen LogP contribution < -0.4 is 4.90 Å². The molecule has 0 aromatic heterocycles. The average Bonchev–Trinajstić information content (AvgIpc) is 3.18. The molecule has 0 N–H and O–H groups in total. The summed E-state index contributed by atoms with van der Waals surface area (Å²) in [7, 11) is 0. The van der Waals surface area contributed by atoms with Crippen molar-refractivity contribution in [2.75, 3.05) is 4.90 Å². The average molecular weight is 632 g/mol. The molecule has 1 nitrogen and oxygen atoms in total. The molecule has 7 aromatic rings. The normalized spacial score (nSPS) is 10.8. The largest absolute Gasteiger partial charge is 0.311 e. The maximum atomic E-state index is 2.37. The number of rotatable bonds is 12. The standard InChI is InChI=1S/C48H41N/c1-5-13-38(14-6-1)21-23-40-25-31-45(32-26-40)49(46-33-27-41(28-34-46)24-22-39-15-7-2-8-16-39)47-35-29-42(30-36-47)37-48(43-17-9-3-10-18-43)44-19-11-4-12-20-44/h1-20,25-37H,21-24H2. The van der Waals surface area contributed by atoms with Gasteiger partial charge in [0, 0.05) is 17.1 Å². The summed E-state index contributed by atoms with van der Waals surface area (Å²) in [6.07, 6.45) is 6.41. The first-order valence-corrected chi connectivity index (χ1v) is 17.3. The van der Waals surface area contributed by atoms with Crippen LogP contribution in [0.1, 0.15) is 38.9 Å². The van der Waals surface area contributed by atoms with Crippen LogP contribution in [0.2, 0.25) is 0 Å². The van der Waals surface area contributed by atoms with Gasteiger partial charge in [-0.2, -0.15) is 0 Å². The maximum absolute atomic E-state index is 2.37. The SMILES string of the molecule is C(=C(c1ccccc1)c1ccccc1)c1ccc(N(c2ccc(CCc3ccccc3)cc2)c2ccc(CCc3ccccc3)cc2)cc1. The highest BCUT2D eigenvalue weighted by molar-refractivity contribution is 5.91. The van der Waals surface area contributed by atoms with Crippen molar-refractivity contribution in [2.45, 2.75) is 25.7 Å². The van der Waals surface area contributed by atoms with Crippen LogP contribution in [0.5, 0.6) is 0 Å². The zero-order chi connectivity index (χ0) is 33.1. The number of anilines is 3. The molecule has 0 aliphatic carbocycles. The van der Waals surface area contributed by atoms with Crippen LogP contribution in [0.25, 0.3) is 11.6 Å². The summed E-state index contributed by atoms with van der Waals surface area (Å²) in [5.74, 6) is 0. The monoisotopic (exact) mass is 631 g/mol. The molecular formula is C48H41N. The van der Waals surface area contributed by atoms with Gasteiger partial charge >= 0.3 is 0 Å². The number of hydrogen-bond acceptors (Lipinski definition) is 1. The van der Waals surface area contributed by atoms with Crippen LogP contribution in [0.15, 0.2) is 194 Å². The fraction of sp³-hybridized carbons (Fsp3) is 0.0833. The van der Waals surface area contributed by atoms with E-state index in [0.29, 0.717) is 0 Å². The Balaban J connectivity index is 1.18. The lowest BCUT2D eigenvalue weighted by Gasteiger charge is -2.26. The van der Waals surface area contributed by atoms with Gasteiger partial charge in [-0.05, 0) is 113 Å². The Morgan fingerprint density at radius 1 is 0.327 bits per heavy atom. The molecule has 0 unspecified atom stereocenters. The number of hydrogen-bond donors (Lipinski definition) is 0. The summed E-state index contributed by atoms with van der Waals surface area (Å²) >= 11 is 0. The molecule has 49 heavy (non-hydrogen) atoms. The predicted molar refractivity (Wildman–Crippen MR) is 209 cm³/mol. The van der Waals surface area contributed by atoms with Gasteiger partial charge in [0.15, 0.2) is 0 Å². The molecule has 7 aromatic carbocycles. The van der Waals surface area contributed by atoms with Crippen molar-refractivity contribution >= 4 is 28.7 Å². The van der Waals surface area contributed by atoms with E-state index >= 15 is 0 Å². The zero-order valence-electron chi connectivity index (χ0n) is 27.8. The highest BCUT2D eigenvalue weighted by atomic mass is 15.1. The molecule has 1 heteroatoms. The van der Waals surface area contributed by atoms with Crippen molar-refractivity contribution < 1.29 is 0 Å². The lowest BCUT2D eigenvalue weighted by molar-refractivity contribution is 0.959. The van der Waals surface area contributed by atoms with Gasteiger partial charge in [-0.1, -0.05) is 158 Å². The van der Waals surface area contributed by atoms with E-state index in [-0.39, 0.29) is 0 Å². The van der Waals surface area contributed by atoms with Gasteiger partial charge in [0.1, 0.15) is 0 Å². The quantitative estimate of drug-likeness (QED) is 0.121. The molecule has 0 saturated heterocycles. The molecule has 7 rings (SSSR count). The van der Waals surface area contributed by atoms with E-state index in [2.05, 4.69) is 205 Å². The highest BCUT2D eigenvalue weighted by Gasteiger charge is 2.13. The molecular weight excluding hydrogens is 591 g/mol. The van der Waals surface area contributed by atoms with E-state index in [1.165, 1.54) is 44.5 Å². The number of benzene rings is 7. The van der Waals surface area contributed by atoms with Crippen LogP contribution in [0.3, 0.4) is 0 Å². The van der Waals surface area contributed by atoms with E-state index in [9.17, 15) is 0 Å². The van der Waals surface area contributed by atoms with Crippen molar-refractivity contribution in [3.05, 3.63) is 233 Å². The topological polar surface area (TPSA) is 3.24 Å². The molecule has 238 valence electrons. The van der Waals surface area contributed by atoms with Crippen LogP contribution in [0.4, 0.5) is 17.1 Å². The molecule has 0 aliphatic heterocycles. The zero-order valence-corrected chi connectivity index (χ0v) is 27.8. The Bertz CT molecular complexity index is 1920. The molecule has 0 fully saturated rings. The van der Waals surface area contributed by atoms with E-state index < -0.39 is 0 Å². The van der Waals surface area contributed by atoms with Crippen molar-refractivity contribution in [1.29, 1.82) is 0 Å². The minimum atomic E-state index is 1.02. The first-order chi connectivity index (χ1) is 24.3. The molecule has 0 bridgehead atoms. The molecule has 0 spiro atoms. The summed E-state index contributed by atoms with van der Waals surface area (Å²) < 4.78 is 0. The smallest absolute Gasteiger partial charge is 0.0462 e. The maximum Gasteiger partial charge on any atom is 0.0462 e. The lowest BCUT2D eigenvalue weighted by atomic mass is 9.95. The van der Waals surface area contributed by atoms with Gasteiger partial charge < -0.3 is 4.90 Å². The Kier molecular flexibility index (Phi) is 10.2. The van der Waals surface area contributed by atoms with Gasteiger partial charge in [-0.3, -0.25) is 0 Å². The van der Waals surface area contributed by atoms with Gasteiger partial charge in [0.25, 0.3) is 0 Å². The lowest BCUT2D eigenvalue weighted by Crippen LogP contribution is -2.10. The summed E-state index contributed by atoms with van der Waals surface area (Å²) in [5, 5.41) is 0. The second-order valence-corrected chi connectivity index (χ2v) is 12.5. The van der Waals surface area contributed by atoms with E-state index in [1.54, 1.807) is 0 Å². The van der Waals surface area contributed by atoms with Gasteiger partial charge in [-0.25, -0.2) is 0 Å². The molecule has 0 radical (unpaired) electrons. The van der Waals surface area contributed by atoms with Crippen LogP contribution in [-0.2, 0) is 25.7 Å². The third kappa shape index (κ3) is 8.33. The summed E-state index contributed by atoms with van der Waals surface area (Å²) in [4.78, 5) is 2.37. The molecule has 0 amide bonds. The first-order valence-electron chi connectivity index (χ1n) is 17.3. The van der Waals surface area contributed by atoms with Gasteiger partial charge in [0.05, 0.1) is 0 Å². The minimum Gasteiger partial charge on any atom is -0.311 e.